The zero-order valence-electron chi connectivity index (χ0n) is 6.63. The van der Waals surface area contributed by atoms with Gasteiger partial charge >= 0.3 is 0 Å². The van der Waals surface area contributed by atoms with Crippen LogP contribution in [0.5, 0.6) is 0 Å². The van der Waals surface area contributed by atoms with Gasteiger partial charge in [-0.05, 0) is 6.92 Å². The summed E-state index contributed by atoms with van der Waals surface area (Å²) in [6.45, 7) is 4.69. The van der Waals surface area contributed by atoms with Gasteiger partial charge in [-0.15, -0.1) is 5.92 Å². The lowest BCUT2D eigenvalue weighted by Crippen LogP contribution is -2.15. The van der Waals surface area contributed by atoms with E-state index in [9.17, 15) is 4.79 Å². The first kappa shape index (κ1) is 10.8. The molecule has 0 aromatic rings. The Kier molecular flexibility index (Phi) is 6.33. The van der Waals surface area contributed by atoms with Gasteiger partial charge in [-0.3, -0.25) is 4.79 Å². The highest BCUT2D eigenvalue weighted by Crippen LogP contribution is 2.12. The van der Waals surface area contributed by atoms with Crippen molar-refractivity contribution in [1.29, 1.82) is 0 Å². The molecule has 0 amide bonds. The van der Waals surface area contributed by atoms with E-state index >= 15 is 0 Å². The second-order valence-corrected chi connectivity index (χ2v) is 4.07. The van der Waals surface area contributed by atoms with Crippen LogP contribution in [0.25, 0.3) is 0 Å². The molecule has 11 heavy (non-hydrogen) atoms. The van der Waals surface area contributed by atoms with E-state index in [1.165, 1.54) is 0 Å². The Bertz CT molecular complexity index is 167. The molecule has 2 atom stereocenters. The Morgan fingerprint density at radius 1 is 1.73 bits per heavy atom. The Hall–Kier alpha value is -0.240. The fourth-order valence-electron chi connectivity index (χ4n) is 0.617. The lowest BCUT2D eigenvalue weighted by Gasteiger charge is -2.10. The summed E-state index contributed by atoms with van der Waals surface area (Å²) in [6, 6.07) is 0. The summed E-state index contributed by atoms with van der Waals surface area (Å²) < 4.78 is 5.02. The monoisotopic (exact) mass is 266 g/mol. The minimum Gasteiger partial charge on any atom is -0.467 e. The van der Waals surface area contributed by atoms with Crippen molar-refractivity contribution in [1.82, 2.24) is 0 Å². The number of ether oxygens (including phenoxy) is 1. The molecule has 0 spiro atoms. The number of halogens is 1. The van der Waals surface area contributed by atoms with Crippen LogP contribution in [-0.4, -0.2) is 17.0 Å². The van der Waals surface area contributed by atoms with Crippen LogP contribution in [0.4, 0.5) is 0 Å². The van der Waals surface area contributed by atoms with Crippen LogP contribution < -0.4 is 0 Å². The fourth-order valence-corrected chi connectivity index (χ4v) is 1.00. The Balaban J connectivity index is 3.85. The standard InChI is InChI=1S/C8H11IO2/c1-3-4-8(7(2)9)5-11-6-10/h6-8H,5H2,1-2H3. The molecule has 0 saturated carbocycles. The Morgan fingerprint density at radius 2 is 2.36 bits per heavy atom. The van der Waals surface area contributed by atoms with Crippen molar-refractivity contribution in [2.24, 2.45) is 5.92 Å². The van der Waals surface area contributed by atoms with Crippen LogP contribution in [0, 0.1) is 17.8 Å². The first-order chi connectivity index (χ1) is 5.22. The van der Waals surface area contributed by atoms with E-state index in [1.54, 1.807) is 6.92 Å². The molecule has 0 bridgehead atoms. The predicted molar refractivity (Wildman–Crippen MR) is 52.4 cm³/mol. The molecule has 0 aliphatic carbocycles. The Morgan fingerprint density at radius 3 is 2.73 bits per heavy atom. The maximum Gasteiger partial charge on any atom is 0.293 e. The molecule has 0 rings (SSSR count). The van der Waals surface area contributed by atoms with Crippen molar-refractivity contribution in [2.75, 3.05) is 6.61 Å². The third-order valence-corrected chi connectivity index (χ3v) is 2.10. The van der Waals surface area contributed by atoms with Gasteiger partial charge in [-0.1, -0.05) is 35.4 Å². The molecule has 0 aromatic heterocycles. The van der Waals surface area contributed by atoms with E-state index < -0.39 is 0 Å². The minimum atomic E-state index is 0.158. The van der Waals surface area contributed by atoms with Gasteiger partial charge in [-0.2, -0.15) is 0 Å². The molecule has 0 aliphatic heterocycles. The number of hydrogen-bond donors (Lipinski definition) is 0. The zero-order valence-corrected chi connectivity index (χ0v) is 8.79. The van der Waals surface area contributed by atoms with Crippen molar-refractivity contribution in [3.8, 4) is 11.8 Å². The normalized spacial score (nSPS) is 14.1. The maximum atomic E-state index is 9.86. The first-order valence-electron chi connectivity index (χ1n) is 3.34. The maximum absolute atomic E-state index is 9.86. The molecular weight excluding hydrogens is 255 g/mol. The van der Waals surface area contributed by atoms with E-state index in [0.717, 1.165) is 0 Å². The molecular formula is C8H11IO2. The molecule has 0 heterocycles. The van der Waals surface area contributed by atoms with Crippen LogP contribution in [-0.2, 0) is 9.53 Å². The fraction of sp³-hybridized carbons (Fsp3) is 0.625. The van der Waals surface area contributed by atoms with Crippen molar-refractivity contribution in [3.63, 3.8) is 0 Å². The van der Waals surface area contributed by atoms with Crippen molar-refractivity contribution in [2.45, 2.75) is 17.8 Å². The van der Waals surface area contributed by atoms with Gasteiger partial charge in [0.05, 0.1) is 5.92 Å². The number of rotatable bonds is 4. The summed E-state index contributed by atoms with van der Waals surface area (Å²) in [4.78, 5) is 9.86. The molecule has 2 unspecified atom stereocenters. The van der Waals surface area contributed by atoms with E-state index in [4.69, 9.17) is 0 Å². The number of carbonyl (C=O) groups is 1. The summed E-state index contributed by atoms with van der Waals surface area (Å²) >= 11 is 2.27. The molecule has 0 radical (unpaired) electrons. The van der Waals surface area contributed by atoms with Crippen molar-refractivity contribution < 1.29 is 9.53 Å². The van der Waals surface area contributed by atoms with Crippen molar-refractivity contribution >= 4 is 29.1 Å². The van der Waals surface area contributed by atoms with Crippen LogP contribution >= 0.6 is 22.6 Å². The molecule has 2 nitrogen and oxygen atoms in total. The zero-order chi connectivity index (χ0) is 8.69. The molecule has 0 fully saturated rings. The molecule has 3 heteroatoms. The minimum absolute atomic E-state index is 0.158. The third-order valence-electron chi connectivity index (χ3n) is 1.23. The average Bonchev–Trinajstić information content (AvgIpc) is 1.97. The highest BCUT2D eigenvalue weighted by atomic mass is 127. The highest BCUT2D eigenvalue weighted by molar-refractivity contribution is 14.1. The van der Waals surface area contributed by atoms with Crippen LogP contribution in [0.1, 0.15) is 13.8 Å². The topological polar surface area (TPSA) is 26.3 Å². The Labute approximate surface area is 80.8 Å². The predicted octanol–water partition coefficient (Wildman–Crippen LogP) is 1.62. The average molecular weight is 266 g/mol. The van der Waals surface area contributed by atoms with E-state index in [0.29, 0.717) is 17.0 Å². The summed E-state index contributed by atoms with van der Waals surface area (Å²) in [7, 11) is 0. The van der Waals surface area contributed by atoms with E-state index in [-0.39, 0.29) is 5.92 Å². The van der Waals surface area contributed by atoms with Crippen LogP contribution in [0.3, 0.4) is 0 Å². The summed E-state index contributed by atoms with van der Waals surface area (Å²) in [5.41, 5.74) is 0. The summed E-state index contributed by atoms with van der Waals surface area (Å²) in [5.74, 6) is 5.94. The second-order valence-electron chi connectivity index (χ2n) is 2.11. The van der Waals surface area contributed by atoms with Crippen LogP contribution in [0.15, 0.2) is 0 Å². The van der Waals surface area contributed by atoms with Crippen molar-refractivity contribution in [3.05, 3.63) is 0 Å². The lowest BCUT2D eigenvalue weighted by atomic mass is 10.1. The van der Waals surface area contributed by atoms with Gasteiger partial charge in [0.2, 0.25) is 0 Å². The lowest BCUT2D eigenvalue weighted by molar-refractivity contribution is -0.129. The van der Waals surface area contributed by atoms with Gasteiger partial charge in [0.15, 0.2) is 0 Å². The van der Waals surface area contributed by atoms with Gasteiger partial charge in [0.25, 0.3) is 6.47 Å². The van der Waals surface area contributed by atoms with E-state index in [2.05, 4.69) is 39.2 Å². The summed E-state index contributed by atoms with van der Waals surface area (Å²) in [6.07, 6.45) is 0. The molecule has 0 saturated heterocycles. The van der Waals surface area contributed by atoms with Gasteiger partial charge in [0.1, 0.15) is 6.61 Å². The van der Waals surface area contributed by atoms with Crippen LogP contribution in [0.2, 0.25) is 0 Å². The molecule has 0 aromatic carbocycles. The highest BCUT2D eigenvalue weighted by Gasteiger charge is 2.11. The molecule has 62 valence electrons. The number of alkyl halides is 1. The summed E-state index contributed by atoms with van der Waals surface area (Å²) in [5, 5.41) is 0. The smallest absolute Gasteiger partial charge is 0.293 e. The van der Waals surface area contributed by atoms with Gasteiger partial charge in [-0.25, -0.2) is 0 Å². The SMILES string of the molecule is CC#CC(COC=O)C(C)I. The van der Waals surface area contributed by atoms with Gasteiger partial charge in [0, 0.05) is 3.92 Å². The van der Waals surface area contributed by atoms with E-state index in [1.807, 2.05) is 6.92 Å². The number of hydrogen-bond acceptors (Lipinski definition) is 2. The quantitative estimate of drug-likeness (QED) is 0.334. The number of carbonyl (C=O) groups excluding carboxylic acids is 1. The third kappa shape index (κ3) is 5.08. The largest absolute Gasteiger partial charge is 0.467 e. The second kappa shape index (κ2) is 6.47. The first-order valence-corrected chi connectivity index (χ1v) is 4.58. The molecule has 0 aliphatic rings. The van der Waals surface area contributed by atoms with Gasteiger partial charge < -0.3 is 4.74 Å². The molecule has 0 N–H and O–H groups in total.